The van der Waals surface area contributed by atoms with Crippen LogP contribution in [0.1, 0.15) is 11.1 Å². The Balaban J connectivity index is 1.72. The largest absolute Gasteiger partial charge is 0.485 e. The van der Waals surface area contributed by atoms with Crippen molar-refractivity contribution in [3.63, 3.8) is 0 Å². The zero-order valence-corrected chi connectivity index (χ0v) is 16.9. The lowest BCUT2D eigenvalue weighted by Gasteiger charge is -2.23. The maximum Gasteiger partial charge on any atom is 0.292 e. The third-order valence-corrected chi connectivity index (χ3v) is 5.65. The average molecular weight is 398 g/mol. The van der Waals surface area contributed by atoms with Gasteiger partial charge in [0.05, 0.1) is 16.8 Å². The summed E-state index contributed by atoms with van der Waals surface area (Å²) >= 11 is 1.50. The molecule has 2 aromatic carbocycles. The van der Waals surface area contributed by atoms with Gasteiger partial charge in [0.15, 0.2) is 16.3 Å². The van der Waals surface area contributed by atoms with E-state index in [0.717, 1.165) is 15.8 Å². The molecular formula is C21H22N2O4S. The van der Waals surface area contributed by atoms with Gasteiger partial charge in [-0.3, -0.25) is 4.79 Å². The molecule has 0 bridgehead atoms. The summed E-state index contributed by atoms with van der Waals surface area (Å²) in [4.78, 5) is 17.9. The molecule has 4 rings (SSSR count). The summed E-state index contributed by atoms with van der Waals surface area (Å²) in [6.45, 7) is 5.46. The van der Waals surface area contributed by atoms with Gasteiger partial charge in [-0.2, -0.15) is 4.99 Å². The highest BCUT2D eigenvalue weighted by Crippen LogP contribution is 2.31. The van der Waals surface area contributed by atoms with Crippen molar-refractivity contribution < 1.29 is 19.0 Å². The molecule has 1 amide bonds. The molecule has 7 heteroatoms. The van der Waals surface area contributed by atoms with Crippen LogP contribution in [0.4, 0.5) is 0 Å². The number of fused-ring (bicyclic) bond motifs is 2. The SMILES string of the molecule is COCCn1c(=NC(=O)[C@@H]2COc3ccccc3O2)sc2cc(C)cc(C)c21. The minimum absolute atomic E-state index is 0.153. The number of thiazole rings is 1. The molecule has 0 N–H and O–H groups in total. The van der Waals surface area contributed by atoms with Gasteiger partial charge >= 0.3 is 0 Å². The lowest BCUT2D eigenvalue weighted by Crippen LogP contribution is -2.37. The highest BCUT2D eigenvalue weighted by Gasteiger charge is 2.27. The topological polar surface area (TPSA) is 62.1 Å². The Hall–Kier alpha value is -2.64. The fourth-order valence-corrected chi connectivity index (χ4v) is 4.61. The molecule has 1 aliphatic heterocycles. The van der Waals surface area contributed by atoms with Crippen LogP contribution < -0.4 is 14.3 Å². The molecule has 0 spiro atoms. The highest BCUT2D eigenvalue weighted by atomic mass is 32.1. The minimum atomic E-state index is -0.751. The molecule has 0 saturated heterocycles. The molecule has 0 fully saturated rings. The molecule has 28 heavy (non-hydrogen) atoms. The molecule has 1 atom stereocenters. The van der Waals surface area contributed by atoms with E-state index < -0.39 is 6.10 Å². The first-order valence-electron chi connectivity index (χ1n) is 9.13. The van der Waals surface area contributed by atoms with Crippen molar-refractivity contribution in [3.05, 3.63) is 52.3 Å². The maximum atomic E-state index is 12.8. The zero-order chi connectivity index (χ0) is 19.7. The number of methoxy groups -OCH3 is 1. The summed E-state index contributed by atoms with van der Waals surface area (Å²) in [6, 6.07) is 11.6. The van der Waals surface area contributed by atoms with E-state index in [1.807, 2.05) is 22.8 Å². The summed E-state index contributed by atoms with van der Waals surface area (Å²) in [5.41, 5.74) is 3.43. The van der Waals surface area contributed by atoms with E-state index in [2.05, 4.69) is 31.0 Å². The molecule has 3 aromatic rings. The smallest absolute Gasteiger partial charge is 0.292 e. The van der Waals surface area contributed by atoms with Gasteiger partial charge in [0.25, 0.3) is 5.91 Å². The summed E-state index contributed by atoms with van der Waals surface area (Å²) in [7, 11) is 1.67. The van der Waals surface area contributed by atoms with Crippen LogP contribution in [-0.4, -0.2) is 36.9 Å². The molecule has 0 saturated carbocycles. The van der Waals surface area contributed by atoms with Crippen LogP contribution in [0, 0.1) is 13.8 Å². The van der Waals surface area contributed by atoms with Gasteiger partial charge in [-0.1, -0.05) is 29.5 Å². The van der Waals surface area contributed by atoms with Crippen LogP contribution in [0.2, 0.25) is 0 Å². The number of aryl methyl sites for hydroxylation is 2. The minimum Gasteiger partial charge on any atom is -0.485 e. The molecule has 2 heterocycles. The van der Waals surface area contributed by atoms with Crippen molar-refractivity contribution >= 4 is 27.5 Å². The van der Waals surface area contributed by atoms with Crippen LogP contribution in [0.3, 0.4) is 0 Å². The van der Waals surface area contributed by atoms with Gasteiger partial charge in [-0.05, 0) is 43.2 Å². The molecular weight excluding hydrogens is 376 g/mol. The summed E-state index contributed by atoms with van der Waals surface area (Å²) in [5, 5.41) is 0. The summed E-state index contributed by atoms with van der Waals surface area (Å²) in [5.74, 6) is 0.869. The van der Waals surface area contributed by atoms with E-state index in [1.165, 1.54) is 16.9 Å². The van der Waals surface area contributed by atoms with E-state index in [1.54, 1.807) is 13.2 Å². The van der Waals surface area contributed by atoms with Crippen molar-refractivity contribution in [1.29, 1.82) is 0 Å². The second-order valence-electron chi connectivity index (χ2n) is 6.77. The number of carbonyl (C=O) groups is 1. The number of hydrogen-bond acceptors (Lipinski definition) is 5. The van der Waals surface area contributed by atoms with Crippen LogP contribution in [0.15, 0.2) is 41.4 Å². The van der Waals surface area contributed by atoms with Crippen LogP contribution >= 0.6 is 11.3 Å². The van der Waals surface area contributed by atoms with Gasteiger partial charge in [0, 0.05) is 13.7 Å². The number of ether oxygens (including phenoxy) is 3. The molecule has 0 aliphatic carbocycles. The second kappa shape index (κ2) is 7.77. The Morgan fingerprint density at radius 1 is 1.29 bits per heavy atom. The first-order chi connectivity index (χ1) is 13.6. The van der Waals surface area contributed by atoms with E-state index >= 15 is 0 Å². The van der Waals surface area contributed by atoms with E-state index in [-0.39, 0.29) is 12.5 Å². The average Bonchev–Trinajstić information content (AvgIpc) is 3.02. The van der Waals surface area contributed by atoms with Gasteiger partial charge < -0.3 is 18.8 Å². The summed E-state index contributed by atoms with van der Waals surface area (Å²) in [6.07, 6.45) is -0.751. The monoisotopic (exact) mass is 398 g/mol. The van der Waals surface area contributed by atoms with Crippen molar-refractivity contribution in [2.24, 2.45) is 4.99 Å². The molecule has 6 nitrogen and oxygen atoms in total. The first kappa shape index (κ1) is 18.7. The van der Waals surface area contributed by atoms with Crippen LogP contribution in [0.25, 0.3) is 10.2 Å². The molecule has 1 aliphatic rings. The van der Waals surface area contributed by atoms with Gasteiger partial charge in [-0.25, -0.2) is 0 Å². The lowest BCUT2D eigenvalue weighted by atomic mass is 10.1. The van der Waals surface area contributed by atoms with Crippen LogP contribution in [0.5, 0.6) is 11.5 Å². The molecule has 0 radical (unpaired) electrons. The fourth-order valence-electron chi connectivity index (χ4n) is 3.37. The number of rotatable bonds is 4. The Bertz CT molecular complexity index is 1100. The van der Waals surface area contributed by atoms with E-state index in [0.29, 0.717) is 29.5 Å². The third-order valence-electron chi connectivity index (χ3n) is 4.62. The molecule has 146 valence electrons. The summed E-state index contributed by atoms with van der Waals surface area (Å²) < 4.78 is 19.9. The number of aromatic nitrogens is 1. The molecule has 1 aromatic heterocycles. The Kier molecular flexibility index (Phi) is 5.19. The normalized spacial score (nSPS) is 16.5. The maximum absolute atomic E-state index is 12.8. The van der Waals surface area contributed by atoms with Gasteiger partial charge in [0.1, 0.15) is 6.61 Å². The number of hydrogen-bond donors (Lipinski definition) is 0. The number of para-hydroxylation sites is 2. The highest BCUT2D eigenvalue weighted by molar-refractivity contribution is 7.16. The lowest BCUT2D eigenvalue weighted by molar-refractivity contribution is -0.127. The third kappa shape index (κ3) is 3.55. The van der Waals surface area contributed by atoms with E-state index in [4.69, 9.17) is 14.2 Å². The first-order valence-corrected chi connectivity index (χ1v) is 9.95. The van der Waals surface area contributed by atoms with Gasteiger partial charge in [0.2, 0.25) is 6.10 Å². The van der Waals surface area contributed by atoms with E-state index in [9.17, 15) is 4.79 Å². The van der Waals surface area contributed by atoms with Crippen molar-refractivity contribution in [2.45, 2.75) is 26.5 Å². The van der Waals surface area contributed by atoms with Crippen molar-refractivity contribution in [3.8, 4) is 11.5 Å². The van der Waals surface area contributed by atoms with Gasteiger partial charge in [-0.15, -0.1) is 0 Å². The van der Waals surface area contributed by atoms with Crippen LogP contribution in [-0.2, 0) is 16.1 Å². The molecule has 0 unspecified atom stereocenters. The van der Waals surface area contributed by atoms with Crippen molar-refractivity contribution in [1.82, 2.24) is 4.57 Å². The quantitative estimate of drug-likeness (QED) is 0.677. The Labute approximate surface area is 167 Å². The fraction of sp³-hybridized carbons (Fsp3) is 0.333. The second-order valence-corrected chi connectivity index (χ2v) is 7.78. The standard InChI is InChI=1S/C21H22N2O4S/c1-13-10-14(2)19-18(11-13)28-21(23(19)8-9-25-3)22-20(24)17-12-26-15-6-4-5-7-16(15)27-17/h4-7,10-11,17H,8-9,12H2,1-3H3/t17-/m0/s1. The number of carbonyl (C=O) groups excluding carboxylic acids is 1. The van der Waals surface area contributed by atoms with Crippen molar-refractivity contribution in [2.75, 3.05) is 20.3 Å². The zero-order valence-electron chi connectivity index (χ0n) is 16.1. The predicted octanol–water partition coefficient (Wildman–Crippen LogP) is 3.23. The predicted molar refractivity (Wildman–Crippen MR) is 108 cm³/mol. The Morgan fingerprint density at radius 2 is 2.07 bits per heavy atom. The number of benzene rings is 2. The number of nitrogens with zero attached hydrogens (tertiary/aromatic N) is 2. The number of amides is 1. The Morgan fingerprint density at radius 3 is 2.86 bits per heavy atom.